The fraction of sp³-hybridized carbons (Fsp3) is 0.222. The molecule has 3 aromatic carbocycles. The minimum atomic E-state index is -0.662. The number of phenolic OH excluding ortho intramolecular Hbond substituents is 1. The smallest absolute Gasteiger partial charge is 0.339 e. The van der Waals surface area contributed by atoms with Gasteiger partial charge < -0.3 is 19.9 Å². The van der Waals surface area contributed by atoms with Crippen LogP contribution in [0.25, 0.3) is 11.1 Å². The molecule has 1 amide bonds. The van der Waals surface area contributed by atoms with Crippen LogP contribution >= 0.6 is 0 Å². The molecule has 0 atom stereocenters. The molecule has 176 valence electrons. The summed E-state index contributed by atoms with van der Waals surface area (Å²) >= 11 is 0. The first-order valence-electron chi connectivity index (χ1n) is 10.8. The summed E-state index contributed by atoms with van der Waals surface area (Å²) in [5.74, 6) is -0.791. The van der Waals surface area contributed by atoms with Gasteiger partial charge in [0.2, 0.25) is 0 Å². The third kappa shape index (κ3) is 5.81. The molecule has 7 heteroatoms. The summed E-state index contributed by atoms with van der Waals surface area (Å²) in [4.78, 5) is 37.5. The highest BCUT2D eigenvalue weighted by Gasteiger charge is 2.21. The topological polar surface area (TPSA) is 102 Å². The van der Waals surface area contributed by atoms with Crippen LogP contribution in [0.1, 0.15) is 50.5 Å². The average Bonchev–Trinajstić information content (AvgIpc) is 2.85. The first-order chi connectivity index (χ1) is 16.3. The molecule has 0 saturated heterocycles. The summed E-state index contributed by atoms with van der Waals surface area (Å²) in [5, 5.41) is 13.1. The summed E-state index contributed by atoms with van der Waals surface area (Å²) in [6.45, 7) is 4.48. The number of ether oxygens (including phenoxy) is 2. The number of esters is 1. The van der Waals surface area contributed by atoms with Crippen molar-refractivity contribution >= 4 is 18.2 Å². The second-order valence-corrected chi connectivity index (χ2v) is 8.16. The maximum atomic E-state index is 13.1. The predicted octanol–water partition coefficient (Wildman–Crippen LogP) is 4.62. The Morgan fingerprint density at radius 2 is 1.76 bits per heavy atom. The zero-order valence-corrected chi connectivity index (χ0v) is 19.3. The first-order valence-corrected chi connectivity index (χ1v) is 10.8. The van der Waals surface area contributed by atoms with E-state index in [1.54, 1.807) is 12.1 Å². The lowest BCUT2D eigenvalue weighted by Crippen LogP contribution is -2.27. The fourth-order valence-electron chi connectivity index (χ4n) is 3.37. The molecule has 3 aromatic rings. The van der Waals surface area contributed by atoms with Gasteiger partial charge in [0, 0.05) is 17.7 Å². The number of methoxy groups -OCH3 is 1. The van der Waals surface area contributed by atoms with Gasteiger partial charge in [0.15, 0.2) is 17.8 Å². The minimum absolute atomic E-state index is 0.0390. The molecule has 0 fully saturated rings. The third-order valence-corrected chi connectivity index (χ3v) is 5.15. The van der Waals surface area contributed by atoms with Crippen molar-refractivity contribution in [1.29, 1.82) is 0 Å². The van der Waals surface area contributed by atoms with Crippen molar-refractivity contribution in [2.24, 2.45) is 5.92 Å². The van der Waals surface area contributed by atoms with E-state index in [4.69, 9.17) is 9.47 Å². The van der Waals surface area contributed by atoms with Crippen LogP contribution in [0.2, 0.25) is 0 Å². The molecule has 0 aromatic heterocycles. The van der Waals surface area contributed by atoms with E-state index in [0.29, 0.717) is 24.0 Å². The van der Waals surface area contributed by atoms with E-state index in [1.807, 2.05) is 44.2 Å². The van der Waals surface area contributed by atoms with Crippen molar-refractivity contribution in [3.05, 3.63) is 82.9 Å². The highest BCUT2D eigenvalue weighted by molar-refractivity contribution is 6.04. The Balaban J connectivity index is 2.04. The van der Waals surface area contributed by atoms with E-state index in [9.17, 15) is 19.5 Å². The number of aldehydes is 1. The Kier molecular flexibility index (Phi) is 8.03. The number of hydrogen-bond acceptors (Lipinski definition) is 6. The second kappa shape index (κ2) is 11.1. The molecule has 0 bridgehead atoms. The Bertz CT molecular complexity index is 1190. The molecular weight excluding hydrogens is 434 g/mol. The standard InChI is InChI=1S/C27H27NO6/c1-17(2)14-28-26(31)19-9-10-21(22-13-24(30)25(33-3)12-20(22)15-29)23(11-19)27(32)34-16-18-7-5-4-6-8-18/h4-13,15,17,30H,14,16H2,1-3H3,(H,28,31). The zero-order valence-electron chi connectivity index (χ0n) is 19.3. The van der Waals surface area contributed by atoms with E-state index >= 15 is 0 Å². The monoisotopic (exact) mass is 461 g/mol. The van der Waals surface area contributed by atoms with Crippen molar-refractivity contribution in [1.82, 2.24) is 5.32 Å². The lowest BCUT2D eigenvalue weighted by atomic mass is 9.93. The minimum Gasteiger partial charge on any atom is -0.504 e. The van der Waals surface area contributed by atoms with E-state index in [-0.39, 0.29) is 46.6 Å². The molecule has 0 aliphatic rings. The van der Waals surface area contributed by atoms with Crippen LogP contribution in [0.4, 0.5) is 0 Å². The van der Waals surface area contributed by atoms with Crippen LogP contribution < -0.4 is 10.1 Å². The molecule has 0 unspecified atom stereocenters. The molecule has 0 aliphatic carbocycles. The molecule has 2 N–H and O–H groups in total. The van der Waals surface area contributed by atoms with Crippen LogP contribution in [0.5, 0.6) is 11.5 Å². The van der Waals surface area contributed by atoms with Gasteiger partial charge in [0.25, 0.3) is 5.91 Å². The number of rotatable bonds is 9. The molecule has 34 heavy (non-hydrogen) atoms. The van der Waals surface area contributed by atoms with Gasteiger partial charge >= 0.3 is 5.97 Å². The van der Waals surface area contributed by atoms with Gasteiger partial charge in [0.1, 0.15) is 6.61 Å². The first kappa shape index (κ1) is 24.5. The lowest BCUT2D eigenvalue weighted by molar-refractivity contribution is 0.0473. The van der Waals surface area contributed by atoms with Crippen molar-refractivity contribution in [3.8, 4) is 22.6 Å². The maximum Gasteiger partial charge on any atom is 0.339 e. The molecule has 0 heterocycles. The number of benzene rings is 3. The van der Waals surface area contributed by atoms with Gasteiger partial charge in [-0.25, -0.2) is 4.79 Å². The van der Waals surface area contributed by atoms with Crippen molar-refractivity contribution < 1.29 is 29.0 Å². The van der Waals surface area contributed by atoms with Gasteiger partial charge in [0.05, 0.1) is 12.7 Å². The van der Waals surface area contributed by atoms with Crippen molar-refractivity contribution in [3.63, 3.8) is 0 Å². The third-order valence-electron chi connectivity index (χ3n) is 5.15. The Morgan fingerprint density at radius 1 is 1.03 bits per heavy atom. The number of phenols is 1. The van der Waals surface area contributed by atoms with Crippen molar-refractivity contribution in [2.75, 3.05) is 13.7 Å². The van der Waals surface area contributed by atoms with Crippen LogP contribution in [0.15, 0.2) is 60.7 Å². The van der Waals surface area contributed by atoms with Crippen LogP contribution in [-0.2, 0) is 11.3 Å². The number of amides is 1. The quantitative estimate of drug-likeness (QED) is 0.356. The maximum absolute atomic E-state index is 13.1. The second-order valence-electron chi connectivity index (χ2n) is 8.16. The molecule has 7 nitrogen and oxygen atoms in total. The Morgan fingerprint density at radius 3 is 2.41 bits per heavy atom. The van der Waals surface area contributed by atoms with E-state index in [0.717, 1.165) is 5.56 Å². The molecule has 3 rings (SSSR count). The lowest BCUT2D eigenvalue weighted by Gasteiger charge is -2.15. The molecule has 0 aliphatic heterocycles. The molecule has 0 radical (unpaired) electrons. The SMILES string of the molecule is COc1cc(C=O)c(-c2ccc(C(=O)NCC(C)C)cc2C(=O)OCc2ccccc2)cc1O. The summed E-state index contributed by atoms with van der Waals surface area (Å²) in [6, 6.07) is 16.5. The van der Waals surface area contributed by atoms with Gasteiger partial charge in [-0.1, -0.05) is 50.2 Å². The molecule has 0 saturated carbocycles. The van der Waals surface area contributed by atoms with Crippen LogP contribution in [-0.4, -0.2) is 36.9 Å². The number of nitrogens with one attached hydrogen (secondary N) is 1. The van der Waals surface area contributed by atoms with Gasteiger partial charge in [-0.15, -0.1) is 0 Å². The highest BCUT2D eigenvalue weighted by atomic mass is 16.5. The summed E-state index contributed by atoms with van der Waals surface area (Å²) in [5.41, 5.74) is 2.05. The number of aromatic hydroxyl groups is 1. The van der Waals surface area contributed by atoms with Gasteiger partial charge in [-0.05, 0) is 46.9 Å². The number of hydrogen-bond donors (Lipinski definition) is 2. The fourth-order valence-corrected chi connectivity index (χ4v) is 3.37. The summed E-state index contributed by atoms with van der Waals surface area (Å²) < 4.78 is 10.6. The Labute approximate surface area is 198 Å². The number of carbonyl (C=O) groups is 3. The van der Waals surface area contributed by atoms with E-state index in [1.165, 1.54) is 25.3 Å². The summed E-state index contributed by atoms with van der Waals surface area (Å²) in [7, 11) is 1.38. The van der Waals surface area contributed by atoms with Crippen molar-refractivity contribution in [2.45, 2.75) is 20.5 Å². The predicted molar refractivity (Wildman–Crippen MR) is 128 cm³/mol. The van der Waals surface area contributed by atoms with Crippen LogP contribution in [0.3, 0.4) is 0 Å². The van der Waals surface area contributed by atoms with Gasteiger partial charge in [-0.2, -0.15) is 0 Å². The largest absolute Gasteiger partial charge is 0.504 e. The molecule has 0 spiro atoms. The Hall–Kier alpha value is -4.13. The van der Waals surface area contributed by atoms with Crippen LogP contribution in [0, 0.1) is 5.92 Å². The summed E-state index contributed by atoms with van der Waals surface area (Å²) in [6.07, 6.45) is 0.611. The van der Waals surface area contributed by atoms with E-state index in [2.05, 4.69) is 5.32 Å². The highest BCUT2D eigenvalue weighted by Crippen LogP contribution is 2.36. The zero-order chi connectivity index (χ0) is 24.7. The number of carbonyl (C=O) groups excluding carboxylic acids is 3. The van der Waals surface area contributed by atoms with Gasteiger partial charge in [-0.3, -0.25) is 9.59 Å². The average molecular weight is 462 g/mol. The normalized spacial score (nSPS) is 10.6. The van der Waals surface area contributed by atoms with E-state index < -0.39 is 5.97 Å². The molecular formula is C27H27NO6.